The van der Waals surface area contributed by atoms with Crippen LogP contribution in [0, 0.1) is 0 Å². The molecule has 0 atom stereocenters. The lowest BCUT2D eigenvalue weighted by atomic mass is 10.1. The molecule has 0 aliphatic carbocycles. The maximum absolute atomic E-state index is 12.2. The smallest absolute Gasteiger partial charge is 0.220 e. The third-order valence-electron chi connectivity index (χ3n) is 5.96. The summed E-state index contributed by atoms with van der Waals surface area (Å²) in [5.41, 5.74) is 3.55. The highest BCUT2D eigenvalue weighted by molar-refractivity contribution is 7.18. The minimum atomic E-state index is 0.110. The zero-order chi connectivity index (χ0) is 21.5. The van der Waals surface area contributed by atoms with Crippen LogP contribution in [-0.4, -0.2) is 53.4 Å². The minimum Gasteiger partial charge on any atom is -0.352 e. The standard InChI is InChI=1S/C25H32N4OS/c1-2-28-14-16-29(17-15-28)19-21-12-10-20(11-13-21)18-26-24(30)8-5-9-25-27-22-6-3-4-7-23(22)31-25/h3-4,6-7,10-13H,2,5,8-9,14-19H2,1H3,(H,26,30). The number of rotatable bonds is 9. The molecule has 5 nitrogen and oxygen atoms in total. The number of hydrogen-bond acceptors (Lipinski definition) is 5. The average Bonchev–Trinajstić information content (AvgIpc) is 3.22. The molecule has 2 heterocycles. The molecule has 1 aromatic heterocycles. The van der Waals surface area contributed by atoms with Gasteiger partial charge in [-0.3, -0.25) is 9.69 Å². The quantitative estimate of drug-likeness (QED) is 0.549. The molecule has 1 saturated heterocycles. The number of aromatic nitrogens is 1. The summed E-state index contributed by atoms with van der Waals surface area (Å²) in [6, 6.07) is 16.9. The lowest BCUT2D eigenvalue weighted by Gasteiger charge is -2.34. The highest BCUT2D eigenvalue weighted by Crippen LogP contribution is 2.22. The lowest BCUT2D eigenvalue weighted by molar-refractivity contribution is -0.121. The summed E-state index contributed by atoms with van der Waals surface area (Å²) < 4.78 is 1.22. The Morgan fingerprint density at radius 2 is 1.71 bits per heavy atom. The van der Waals surface area contributed by atoms with E-state index in [0.717, 1.165) is 55.1 Å². The Kier molecular flexibility index (Phi) is 7.67. The Morgan fingerprint density at radius 3 is 2.45 bits per heavy atom. The fourth-order valence-electron chi connectivity index (χ4n) is 4.00. The second-order valence-corrected chi connectivity index (χ2v) is 9.35. The van der Waals surface area contributed by atoms with Gasteiger partial charge in [0.1, 0.15) is 0 Å². The van der Waals surface area contributed by atoms with Crippen molar-refractivity contribution in [2.75, 3.05) is 32.7 Å². The molecule has 0 saturated carbocycles. The molecule has 2 aromatic carbocycles. The number of para-hydroxylation sites is 1. The van der Waals surface area contributed by atoms with Gasteiger partial charge in [-0.05, 0) is 42.6 Å². The number of amides is 1. The Morgan fingerprint density at radius 1 is 1.00 bits per heavy atom. The van der Waals surface area contributed by atoms with Gasteiger partial charge in [0.25, 0.3) is 0 Å². The van der Waals surface area contributed by atoms with Crippen LogP contribution in [0.25, 0.3) is 10.2 Å². The van der Waals surface area contributed by atoms with Crippen LogP contribution in [0.15, 0.2) is 48.5 Å². The summed E-state index contributed by atoms with van der Waals surface area (Å²) in [4.78, 5) is 21.9. The molecule has 6 heteroatoms. The Hall–Kier alpha value is -2.28. The molecular formula is C25H32N4OS. The number of thiazole rings is 1. The first-order chi connectivity index (χ1) is 15.2. The molecule has 1 fully saturated rings. The summed E-state index contributed by atoms with van der Waals surface area (Å²) in [5.74, 6) is 0.110. The fraction of sp³-hybridized carbons (Fsp3) is 0.440. The molecule has 0 unspecified atom stereocenters. The molecule has 164 valence electrons. The van der Waals surface area contributed by atoms with Crippen molar-refractivity contribution in [1.29, 1.82) is 0 Å². The van der Waals surface area contributed by atoms with E-state index < -0.39 is 0 Å². The van der Waals surface area contributed by atoms with Crippen molar-refractivity contribution in [3.8, 4) is 0 Å². The number of carbonyl (C=O) groups excluding carboxylic acids is 1. The number of nitrogens with one attached hydrogen (secondary N) is 1. The van der Waals surface area contributed by atoms with Crippen LogP contribution < -0.4 is 5.32 Å². The van der Waals surface area contributed by atoms with Gasteiger partial charge in [-0.25, -0.2) is 4.98 Å². The SMILES string of the molecule is CCN1CCN(Cc2ccc(CNC(=O)CCCc3nc4ccccc4s3)cc2)CC1. The summed E-state index contributed by atoms with van der Waals surface area (Å²) in [6.45, 7) is 9.60. The molecule has 0 bridgehead atoms. The van der Waals surface area contributed by atoms with Gasteiger partial charge in [-0.2, -0.15) is 0 Å². The largest absolute Gasteiger partial charge is 0.352 e. The van der Waals surface area contributed by atoms with Gasteiger partial charge in [-0.1, -0.05) is 43.3 Å². The van der Waals surface area contributed by atoms with Crippen molar-refractivity contribution in [3.63, 3.8) is 0 Å². The molecule has 31 heavy (non-hydrogen) atoms. The molecule has 1 amide bonds. The predicted molar refractivity (Wildman–Crippen MR) is 128 cm³/mol. The van der Waals surface area contributed by atoms with Gasteiger partial charge < -0.3 is 10.2 Å². The molecule has 1 aliphatic heterocycles. The van der Waals surface area contributed by atoms with Crippen LogP contribution >= 0.6 is 11.3 Å². The van der Waals surface area contributed by atoms with Crippen LogP contribution in [0.2, 0.25) is 0 Å². The Labute approximate surface area is 189 Å². The van der Waals surface area contributed by atoms with Crippen molar-refractivity contribution >= 4 is 27.5 Å². The number of aryl methyl sites for hydroxylation is 1. The molecule has 0 radical (unpaired) electrons. The van der Waals surface area contributed by atoms with E-state index in [9.17, 15) is 4.79 Å². The van der Waals surface area contributed by atoms with Gasteiger partial charge in [0.15, 0.2) is 0 Å². The normalized spacial score (nSPS) is 15.4. The van der Waals surface area contributed by atoms with Crippen LogP contribution in [-0.2, 0) is 24.3 Å². The minimum absolute atomic E-state index is 0.110. The Bertz CT molecular complexity index is 944. The first-order valence-electron chi connectivity index (χ1n) is 11.3. The topological polar surface area (TPSA) is 48.5 Å². The second-order valence-electron chi connectivity index (χ2n) is 8.23. The van der Waals surface area contributed by atoms with Crippen molar-refractivity contribution < 1.29 is 4.79 Å². The van der Waals surface area contributed by atoms with Crippen LogP contribution in [0.5, 0.6) is 0 Å². The van der Waals surface area contributed by atoms with Gasteiger partial charge in [0.05, 0.1) is 15.2 Å². The van der Waals surface area contributed by atoms with Crippen LogP contribution in [0.1, 0.15) is 35.9 Å². The Balaban J connectivity index is 1.15. The first-order valence-corrected chi connectivity index (χ1v) is 12.1. The van der Waals surface area contributed by atoms with Crippen molar-refractivity contribution in [2.24, 2.45) is 0 Å². The average molecular weight is 437 g/mol. The zero-order valence-electron chi connectivity index (χ0n) is 18.3. The van der Waals surface area contributed by atoms with Crippen LogP contribution in [0.3, 0.4) is 0 Å². The molecule has 1 N–H and O–H groups in total. The molecule has 0 spiro atoms. The first kappa shape index (κ1) is 21.9. The fourth-order valence-corrected chi connectivity index (χ4v) is 5.01. The highest BCUT2D eigenvalue weighted by atomic mass is 32.1. The van der Waals surface area contributed by atoms with Crippen molar-refractivity contribution in [3.05, 3.63) is 64.7 Å². The number of piperazine rings is 1. The number of benzene rings is 2. The van der Waals surface area contributed by atoms with Gasteiger partial charge in [-0.15, -0.1) is 11.3 Å². The number of hydrogen-bond donors (Lipinski definition) is 1. The maximum Gasteiger partial charge on any atom is 0.220 e. The van der Waals surface area contributed by atoms with E-state index in [0.29, 0.717) is 13.0 Å². The van der Waals surface area contributed by atoms with E-state index in [2.05, 4.69) is 57.4 Å². The van der Waals surface area contributed by atoms with E-state index in [-0.39, 0.29) is 5.91 Å². The summed E-state index contributed by atoms with van der Waals surface area (Å²) in [6.07, 6.45) is 2.22. The number of likely N-dealkylation sites (N-methyl/N-ethyl adjacent to an activating group) is 1. The predicted octanol–water partition coefficient (Wildman–Crippen LogP) is 4.07. The van der Waals surface area contributed by atoms with Crippen LogP contribution in [0.4, 0.5) is 0 Å². The lowest BCUT2D eigenvalue weighted by Crippen LogP contribution is -2.45. The van der Waals surface area contributed by atoms with Gasteiger partial charge in [0.2, 0.25) is 5.91 Å². The van der Waals surface area contributed by atoms with E-state index >= 15 is 0 Å². The maximum atomic E-state index is 12.2. The van der Waals surface area contributed by atoms with E-state index in [4.69, 9.17) is 0 Å². The number of carbonyl (C=O) groups is 1. The summed E-state index contributed by atoms with van der Waals surface area (Å²) >= 11 is 1.73. The molecule has 1 aliphatic rings. The summed E-state index contributed by atoms with van der Waals surface area (Å²) in [7, 11) is 0. The zero-order valence-corrected chi connectivity index (χ0v) is 19.2. The number of fused-ring (bicyclic) bond motifs is 1. The second kappa shape index (κ2) is 10.8. The monoisotopic (exact) mass is 436 g/mol. The summed E-state index contributed by atoms with van der Waals surface area (Å²) in [5, 5.41) is 4.16. The third-order valence-corrected chi connectivity index (χ3v) is 7.06. The molecule has 4 rings (SSSR count). The molecule has 3 aromatic rings. The third kappa shape index (κ3) is 6.35. The van der Waals surface area contributed by atoms with Gasteiger partial charge >= 0.3 is 0 Å². The van der Waals surface area contributed by atoms with E-state index in [1.165, 1.54) is 23.4 Å². The van der Waals surface area contributed by atoms with E-state index in [1.54, 1.807) is 11.3 Å². The van der Waals surface area contributed by atoms with Gasteiger partial charge in [0, 0.05) is 45.7 Å². The van der Waals surface area contributed by atoms with Crippen molar-refractivity contribution in [1.82, 2.24) is 20.1 Å². The highest BCUT2D eigenvalue weighted by Gasteiger charge is 2.15. The number of nitrogens with zero attached hydrogens (tertiary/aromatic N) is 3. The van der Waals surface area contributed by atoms with Crippen molar-refractivity contribution in [2.45, 2.75) is 39.3 Å². The molecular weight excluding hydrogens is 404 g/mol. The van der Waals surface area contributed by atoms with E-state index in [1.807, 2.05) is 18.2 Å².